The summed E-state index contributed by atoms with van der Waals surface area (Å²) in [5.41, 5.74) is 0.471. The molecule has 0 bridgehead atoms. The number of anilines is 1. The van der Waals surface area contributed by atoms with E-state index in [1.54, 1.807) is 24.3 Å². The first-order chi connectivity index (χ1) is 13.7. The number of hydrogen-bond acceptors (Lipinski definition) is 7. The maximum atomic E-state index is 12.3. The Bertz CT molecular complexity index is 959. The Balaban J connectivity index is 1.88. The van der Waals surface area contributed by atoms with E-state index in [-0.39, 0.29) is 4.90 Å². The summed E-state index contributed by atoms with van der Waals surface area (Å²) >= 11 is 0. The molecule has 2 aromatic carbocycles. The molecule has 0 fully saturated rings. The zero-order valence-corrected chi connectivity index (χ0v) is 17.0. The number of amides is 1. The van der Waals surface area contributed by atoms with E-state index in [2.05, 4.69) is 10.0 Å². The largest absolute Gasteiger partial charge is 0.497 e. The van der Waals surface area contributed by atoms with Crippen LogP contribution in [0.2, 0.25) is 0 Å². The molecule has 2 rings (SSSR count). The smallest absolute Gasteiger partial charge is 0.324 e. The summed E-state index contributed by atoms with van der Waals surface area (Å²) in [6.45, 7) is 0.758. The molecule has 0 saturated heterocycles. The number of sulfonamides is 1. The van der Waals surface area contributed by atoms with E-state index in [9.17, 15) is 18.0 Å². The van der Waals surface area contributed by atoms with Crippen LogP contribution < -0.4 is 19.5 Å². The lowest BCUT2D eigenvalue weighted by atomic mass is 10.3. The van der Waals surface area contributed by atoms with Crippen molar-refractivity contribution in [1.82, 2.24) is 4.72 Å². The molecule has 0 aliphatic carbocycles. The number of benzene rings is 2. The first kappa shape index (κ1) is 22.2. The predicted molar refractivity (Wildman–Crippen MR) is 105 cm³/mol. The van der Waals surface area contributed by atoms with Crippen molar-refractivity contribution in [2.24, 2.45) is 0 Å². The molecule has 156 valence electrons. The maximum absolute atomic E-state index is 12.3. The Morgan fingerprint density at radius 2 is 1.66 bits per heavy atom. The minimum atomic E-state index is -3.95. The standard InChI is InChI=1S/C19H22N2O7S/c1-13(21-29(24,25)17-9-7-15(26-2)8-10-17)19(23)28-12-18(22)20-14-5-4-6-16(11-14)27-3/h4-11,13,21H,12H2,1-3H3,(H,20,22)/t13-/m0/s1. The lowest BCUT2D eigenvalue weighted by Crippen LogP contribution is -2.40. The van der Waals surface area contributed by atoms with E-state index >= 15 is 0 Å². The number of rotatable bonds is 9. The Morgan fingerprint density at radius 3 is 2.28 bits per heavy atom. The highest BCUT2D eigenvalue weighted by Crippen LogP contribution is 2.17. The second kappa shape index (κ2) is 9.89. The molecule has 2 N–H and O–H groups in total. The average molecular weight is 422 g/mol. The van der Waals surface area contributed by atoms with E-state index in [4.69, 9.17) is 14.2 Å². The zero-order valence-electron chi connectivity index (χ0n) is 16.2. The number of carbonyl (C=O) groups excluding carboxylic acids is 2. The normalized spacial score (nSPS) is 12.0. The number of methoxy groups -OCH3 is 2. The predicted octanol–water partition coefficient (Wildman–Crippen LogP) is 1.55. The molecule has 1 amide bonds. The van der Waals surface area contributed by atoms with Crippen LogP contribution in [0, 0.1) is 0 Å². The fraction of sp³-hybridized carbons (Fsp3) is 0.263. The van der Waals surface area contributed by atoms with Crippen molar-refractivity contribution in [2.45, 2.75) is 17.9 Å². The molecule has 29 heavy (non-hydrogen) atoms. The molecule has 0 heterocycles. The van der Waals surface area contributed by atoms with E-state index < -0.39 is 34.5 Å². The minimum Gasteiger partial charge on any atom is -0.497 e. The van der Waals surface area contributed by atoms with Gasteiger partial charge >= 0.3 is 5.97 Å². The van der Waals surface area contributed by atoms with Crippen molar-refractivity contribution in [3.63, 3.8) is 0 Å². The Kier molecular flexibility index (Phi) is 7.57. The molecule has 10 heteroatoms. The van der Waals surface area contributed by atoms with Crippen molar-refractivity contribution >= 4 is 27.6 Å². The van der Waals surface area contributed by atoms with Crippen LogP contribution >= 0.6 is 0 Å². The molecule has 0 aliphatic rings. The van der Waals surface area contributed by atoms with Crippen LogP contribution in [0.1, 0.15) is 6.92 Å². The van der Waals surface area contributed by atoms with Crippen LogP contribution in [0.5, 0.6) is 11.5 Å². The molecule has 2 aromatic rings. The molecule has 0 unspecified atom stereocenters. The summed E-state index contributed by atoms with van der Waals surface area (Å²) in [5, 5.41) is 2.55. The van der Waals surface area contributed by atoms with E-state index in [0.717, 1.165) is 0 Å². The van der Waals surface area contributed by atoms with Gasteiger partial charge in [0.25, 0.3) is 5.91 Å². The SMILES string of the molecule is COc1ccc(S(=O)(=O)N[C@@H](C)C(=O)OCC(=O)Nc2cccc(OC)c2)cc1. The summed E-state index contributed by atoms with van der Waals surface area (Å²) in [4.78, 5) is 23.9. The topological polar surface area (TPSA) is 120 Å². The molecule has 0 radical (unpaired) electrons. The van der Waals surface area contributed by atoms with Crippen molar-refractivity contribution < 1.29 is 32.2 Å². The third-order valence-electron chi connectivity index (χ3n) is 3.75. The van der Waals surface area contributed by atoms with Gasteiger partial charge in [-0.1, -0.05) is 6.07 Å². The van der Waals surface area contributed by atoms with Gasteiger partial charge < -0.3 is 19.5 Å². The highest BCUT2D eigenvalue weighted by atomic mass is 32.2. The van der Waals surface area contributed by atoms with Gasteiger partial charge in [-0.25, -0.2) is 8.42 Å². The van der Waals surface area contributed by atoms with Crippen LogP contribution in [-0.2, 0) is 24.3 Å². The highest BCUT2D eigenvalue weighted by Gasteiger charge is 2.23. The average Bonchev–Trinajstić information content (AvgIpc) is 2.71. The summed E-state index contributed by atoms with van der Waals surface area (Å²) < 4.78 is 41.8. The van der Waals surface area contributed by atoms with Crippen molar-refractivity contribution in [1.29, 1.82) is 0 Å². The molecule has 1 atom stereocenters. The molecule has 0 aromatic heterocycles. The molecule has 0 saturated carbocycles. The summed E-state index contributed by atoms with van der Waals surface area (Å²) in [6.07, 6.45) is 0. The second-order valence-corrected chi connectivity index (χ2v) is 7.62. The van der Waals surface area contributed by atoms with Crippen LogP contribution in [0.3, 0.4) is 0 Å². The molecular formula is C19H22N2O7S. The van der Waals surface area contributed by atoms with Gasteiger partial charge in [0.1, 0.15) is 17.5 Å². The second-order valence-electron chi connectivity index (χ2n) is 5.91. The fourth-order valence-electron chi connectivity index (χ4n) is 2.26. The van der Waals surface area contributed by atoms with Gasteiger partial charge in [0.15, 0.2) is 6.61 Å². The van der Waals surface area contributed by atoms with Crippen LogP contribution in [-0.4, -0.2) is 47.2 Å². The number of ether oxygens (including phenoxy) is 3. The van der Waals surface area contributed by atoms with Crippen LogP contribution in [0.15, 0.2) is 53.4 Å². The first-order valence-electron chi connectivity index (χ1n) is 8.52. The third kappa shape index (κ3) is 6.47. The van der Waals surface area contributed by atoms with Gasteiger partial charge in [-0.05, 0) is 43.3 Å². The molecule has 9 nitrogen and oxygen atoms in total. The molecular weight excluding hydrogens is 400 g/mol. The first-order valence-corrected chi connectivity index (χ1v) is 10.0. The summed E-state index contributed by atoms with van der Waals surface area (Å²) in [7, 11) is -0.985. The number of carbonyl (C=O) groups is 2. The van der Waals surface area contributed by atoms with Crippen molar-refractivity contribution in [2.75, 3.05) is 26.1 Å². The lowest BCUT2D eigenvalue weighted by molar-refractivity contribution is -0.148. The van der Waals surface area contributed by atoms with E-state index in [1.165, 1.54) is 45.4 Å². The Morgan fingerprint density at radius 1 is 1.00 bits per heavy atom. The van der Waals surface area contributed by atoms with Crippen molar-refractivity contribution in [3.05, 3.63) is 48.5 Å². The number of esters is 1. The van der Waals surface area contributed by atoms with Gasteiger partial charge in [0.2, 0.25) is 10.0 Å². The Hall–Kier alpha value is -3.11. The van der Waals surface area contributed by atoms with Gasteiger partial charge in [-0.15, -0.1) is 0 Å². The van der Waals surface area contributed by atoms with Gasteiger partial charge in [0, 0.05) is 11.8 Å². The fourth-order valence-corrected chi connectivity index (χ4v) is 3.46. The minimum absolute atomic E-state index is 0.0336. The maximum Gasteiger partial charge on any atom is 0.324 e. The monoisotopic (exact) mass is 422 g/mol. The highest BCUT2D eigenvalue weighted by molar-refractivity contribution is 7.89. The zero-order chi connectivity index (χ0) is 21.4. The quantitative estimate of drug-likeness (QED) is 0.588. The molecule has 0 spiro atoms. The molecule has 0 aliphatic heterocycles. The van der Waals surface area contributed by atoms with Gasteiger partial charge in [-0.2, -0.15) is 4.72 Å². The third-order valence-corrected chi connectivity index (χ3v) is 5.31. The van der Waals surface area contributed by atoms with E-state index in [1.807, 2.05) is 0 Å². The Labute approximate surface area is 169 Å². The lowest BCUT2D eigenvalue weighted by Gasteiger charge is -2.14. The van der Waals surface area contributed by atoms with Crippen molar-refractivity contribution in [3.8, 4) is 11.5 Å². The number of hydrogen-bond donors (Lipinski definition) is 2. The van der Waals surface area contributed by atoms with Gasteiger partial charge in [0.05, 0.1) is 19.1 Å². The van der Waals surface area contributed by atoms with Crippen LogP contribution in [0.25, 0.3) is 0 Å². The van der Waals surface area contributed by atoms with Gasteiger partial charge in [-0.3, -0.25) is 9.59 Å². The van der Waals surface area contributed by atoms with Crippen LogP contribution in [0.4, 0.5) is 5.69 Å². The number of nitrogens with one attached hydrogen (secondary N) is 2. The summed E-state index contributed by atoms with van der Waals surface area (Å²) in [6, 6.07) is 11.1. The summed E-state index contributed by atoms with van der Waals surface area (Å²) in [5.74, 6) is -0.403. The van der Waals surface area contributed by atoms with E-state index in [0.29, 0.717) is 17.2 Å².